The van der Waals surface area contributed by atoms with Crippen molar-refractivity contribution in [2.24, 2.45) is 0 Å². The van der Waals surface area contributed by atoms with E-state index in [0.717, 1.165) is 0 Å². The van der Waals surface area contributed by atoms with Crippen LogP contribution in [0.15, 0.2) is 18.3 Å². The monoisotopic (exact) mass is 243 g/mol. The zero-order valence-electron chi connectivity index (χ0n) is 8.74. The van der Waals surface area contributed by atoms with Crippen LogP contribution >= 0.6 is 11.6 Å². The first-order valence-electron chi connectivity index (χ1n) is 4.93. The molecule has 0 saturated carbocycles. The average molecular weight is 244 g/mol. The predicted octanol–water partition coefficient (Wildman–Crippen LogP) is 1.05. The van der Waals surface area contributed by atoms with Gasteiger partial charge in [-0.3, -0.25) is 4.79 Å². The van der Waals surface area contributed by atoms with E-state index in [1.165, 1.54) is 0 Å². The third kappa shape index (κ3) is 4.46. The summed E-state index contributed by atoms with van der Waals surface area (Å²) in [5.74, 6) is 0.373. The molecule has 0 saturated heterocycles. The summed E-state index contributed by atoms with van der Waals surface area (Å²) in [7, 11) is 0. The largest absolute Gasteiger partial charge is 0.396 e. The highest BCUT2D eigenvalue weighted by Gasteiger charge is 2.00. The molecule has 0 atom stereocenters. The van der Waals surface area contributed by atoms with E-state index in [4.69, 9.17) is 16.7 Å². The van der Waals surface area contributed by atoms with E-state index in [1.807, 2.05) is 0 Å². The van der Waals surface area contributed by atoms with Crippen molar-refractivity contribution in [2.45, 2.75) is 6.42 Å². The molecule has 0 aromatic carbocycles. The molecule has 0 bridgehead atoms. The maximum atomic E-state index is 11.0. The van der Waals surface area contributed by atoms with Crippen molar-refractivity contribution in [2.75, 3.05) is 29.7 Å². The fourth-order valence-electron chi connectivity index (χ4n) is 1.06. The second-order valence-electron chi connectivity index (χ2n) is 3.12. The quantitative estimate of drug-likeness (QED) is 0.516. The number of nitrogens with zero attached hydrogens (tertiary/aromatic N) is 1. The number of aromatic nitrogens is 1. The molecule has 16 heavy (non-hydrogen) atoms. The van der Waals surface area contributed by atoms with E-state index in [0.29, 0.717) is 24.5 Å². The van der Waals surface area contributed by atoms with Crippen LogP contribution in [0, 0.1) is 0 Å². The molecule has 1 aromatic rings. The number of amides is 1. The fraction of sp³-hybridized carbons (Fsp3) is 0.400. The van der Waals surface area contributed by atoms with E-state index < -0.39 is 0 Å². The van der Waals surface area contributed by atoms with Crippen molar-refractivity contribution in [1.29, 1.82) is 0 Å². The number of hydrogen-bond acceptors (Lipinski definition) is 4. The van der Waals surface area contributed by atoms with Gasteiger partial charge < -0.3 is 15.7 Å². The van der Waals surface area contributed by atoms with Gasteiger partial charge in [-0.15, -0.1) is 11.6 Å². The minimum Gasteiger partial charge on any atom is -0.396 e. The molecule has 1 heterocycles. The van der Waals surface area contributed by atoms with E-state index in [9.17, 15) is 4.79 Å². The third-order valence-corrected chi connectivity index (χ3v) is 2.05. The van der Waals surface area contributed by atoms with Gasteiger partial charge in [0, 0.05) is 13.2 Å². The number of rotatable bonds is 6. The van der Waals surface area contributed by atoms with Crippen LogP contribution in [0.4, 0.5) is 11.5 Å². The molecule has 0 unspecified atom stereocenters. The van der Waals surface area contributed by atoms with Crippen LogP contribution in [0.3, 0.4) is 0 Å². The number of hydrogen-bond donors (Lipinski definition) is 3. The number of carbonyl (C=O) groups excluding carboxylic acids is 1. The lowest BCUT2D eigenvalue weighted by Gasteiger charge is -2.06. The van der Waals surface area contributed by atoms with Gasteiger partial charge in [0.2, 0.25) is 5.91 Å². The number of nitrogens with one attached hydrogen (secondary N) is 2. The van der Waals surface area contributed by atoms with Crippen LogP contribution in [0.5, 0.6) is 0 Å². The smallest absolute Gasteiger partial charge is 0.239 e. The molecule has 0 aliphatic heterocycles. The predicted molar refractivity (Wildman–Crippen MR) is 63.8 cm³/mol. The number of aliphatic hydroxyl groups excluding tert-OH is 1. The molecule has 1 aromatic heterocycles. The van der Waals surface area contributed by atoms with E-state index in [1.54, 1.807) is 18.3 Å². The van der Waals surface area contributed by atoms with Gasteiger partial charge in [0.05, 0.1) is 11.9 Å². The first kappa shape index (κ1) is 12.7. The Morgan fingerprint density at radius 1 is 1.50 bits per heavy atom. The number of carbonyl (C=O) groups is 1. The van der Waals surface area contributed by atoms with E-state index in [2.05, 4.69) is 15.6 Å². The SMILES string of the molecule is O=C(CCl)Nc1ccc(NCCCO)nc1. The van der Waals surface area contributed by atoms with E-state index in [-0.39, 0.29) is 18.4 Å². The molecule has 0 fully saturated rings. The van der Waals surface area contributed by atoms with Gasteiger partial charge >= 0.3 is 0 Å². The Hall–Kier alpha value is -1.33. The van der Waals surface area contributed by atoms with Crippen molar-refractivity contribution < 1.29 is 9.90 Å². The second kappa shape index (κ2) is 7.03. The standard InChI is InChI=1S/C10H14ClN3O2/c11-6-10(16)14-8-2-3-9(13-7-8)12-4-1-5-15/h2-3,7,15H,1,4-6H2,(H,12,13)(H,14,16). The highest BCUT2D eigenvalue weighted by Crippen LogP contribution is 2.09. The Kier molecular flexibility index (Phi) is 5.60. The molecule has 0 aliphatic rings. The topological polar surface area (TPSA) is 74.2 Å². The summed E-state index contributed by atoms with van der Waals surface area (Å²) in [6, 6.07) is 3.49. The third-order valence-electron chi connectivity index (χ3n) is 1.81. The van der Waals surface area contributed by atoms with Crippen molar-refractivity contribution >= 4 is 29.0 Å². The Labute approximate surface area is 98.8 Å². The summed E-state index contributed by atoms with van der Waals surface area (Å²) in [6.07, 6.45) is 2.22. The summed E-state index contributed by atoms with van der Waals surface area (Å²) in [4.78, 5) is 15.1. The van der Waals surface area contributed by atoms with Gasteiger partial charge in [-0.1, -0.05) is 0 Å². The van der Waals surface area contributed by atoms with Gasteiger partial charge in [0.15, 0.2) is 0 Å². The first-order chi connectivity index (χ1) is 7.76. The lowest BCUT2D eigenvalue weighted by Crippen LogP contribution is -2.13. The van der Waals surface area contributed by atoms with Crippen LogP contribution in [0.1, 0.15) is 6.42 Å². The molecule has 88 valence electrons. The molecule has 5 nitrogen and oxygen atoms in total. The second-order valence-corrected chi connectivity index (χ2v) is 3.39. The maximum absolute atomic E-state index is 11.0. The van der Waals surface area contributed by atoms with Crippen LogP contribution in [-0.2, 0) is 4.79 Å². The highest BCUT2D eigenvalue weighted by molar-refractivity contribution is 6.29. The van der Waals surface area contributed by atoms with Crippen molar-refractivity contribution in [1.82, 2.24) is 4.98 Å². The molecular formula is C10H14ClN3O2. The average Bonchev–Trinajstić information content (AvgIpc) is 2.31. The van der Waals surface area contributed by atoms with Crippen LogP contribution in [0.25, 0.3) is 0 Å². The Bertz CT molecular complexity index is 329. The molecule has 0 radical (unpaired) electrons. The van der Waals surface area contributed by atoms with Crippen LogP contribution in [0.2, 0.25) is 0 Å². The summed E-state index contributed by atoms with van der Waals surface area (Å²) < 4.78 is 0. The minimum atomic E-state index is -0.260. The molecule has 3 N–H and O–H groups in total. The van der Waals surface area contributed by atoms with Gasteiger partial charge in [-0.05, 0) is 18.6 Å². The zero-order valence-corrected chi connectivity index (χ0v) is 9.50. The molecule has 0 spiro atoms. The minimum absolute atomic E-state index is 0.0729. The molecule has 1 amide bonds. The van der Waals surface area contributed by atoms with E-state index >= 15 is 0 Å². The first-order valence-corrected chi connectivity index (χ1v) is 5.46. The van der Waals surface area contributed by atoms with Crippen molar-refractivity contribution in [3.63, 3.8) is 0 Å². The summed E-state index contributed by atoms with van der Waals surface area (Å²) >= 11 is 5.35. The Morgan fingerprint density at radius 2 is 2.31 bits per heavy atom. The number of pyridine rings is 1. The van der Waals surface area contributed by atoms with Gasteiger partial charge in [0.25, 0.3) is 0 Å². The molecule has 1 rings (SSSR count). The lowest BCUT2D eigenvalue weighted by atomic mass is 10.4. The number of alkyl halides is 1. The number of anilines is 2. The van der Waals surface area contributed by atoms with Crippen LogP contribution < -0.4 is 10.6 Å². The Balaban J connectivity index is 2.44. The van der Waals surface area contributed by atoms with Gasteiger partial charge in [0.1, 0.15) is 11.7 Å². The van der Waals surface area contributed by atoms with Gasteiger partial charge in [-0.2, -0.15) is 0 Å². The summed E-state index contributed by atoms with van der Waals surface area (Å²) in [5, 5.41) is 14.2. The zero-order chi connectivity index (χ0) is 11.8. The Morgan fingerprint density at radius 3 is 2.88 bits per heavy atom. The molecule has 0 aliphatic carbocycles. The summed E-state index contributed by atoms with van der Waals surface area (Å²) in [5.41, 5.74) is 0.610. The fourth-order valence-corrected chi connectivity index (χ4v) is 1.13. The number of halogens is 1. The normalized spacial score (nSPS) is 9.88. The van der Waals surface area contributed by atoms with Crippen molar-refractivity contribution in [3.8, 4) is 0 Å². The van der Waals surface area contributed by atoms with Gasteiger partial charge in [-0.25, -0.2) is 4.98 Å². The highest BCUT2D eigenvalue weighted by atomic mass is 35.5. The van der Waals surface area contributed by atoms with Crippen LogP contribution in [-0.4, -0.2) is 35.0 Å². The molecule has 6 heteroatoms. The summed E-state index contributed by atoms with van der Waals surface area (Å²) in [6.45, 7) is 0.813. The maximum Gasteiger partial charge on any atom is 0.239 e. The lowest BCUT2D eigenvalue weighted by molar-refractivity contribution is -0.113. The van der Waals surface area contributed by atoms with Crippen molar-refractivity contribution in [3.05, 3.63) is 18.3 Å². The number of aliphatic hydroxyl groups is 1. The molecular weight excluding hydrogens is 230 g/mol.